The van der Waals surface area contributed by atoms with E-state index in [-0.39, 0.29) is 30.1 Å². The summed E-state index contributed by atoms with van der Waals surface area (Å²) < 4.78 is 0. The lowest BCUT2D eigenvalue weighted by Crippen LogP contribution is -2.51. The van der Waals surface area contributed by atoms with Crippen LogP contribution in [-0.4, -0.2) is 23.9 Å². The summed E-state index contributed by atoms with van der Waals surface area (Å²) in [5.74, 6) is -0.553. The summed E-state index contributed by atoms with van der Waals surface area (Å²) in [6, 6.07) is 5.94. The molecule has 4 N–H and O–H groups in total. The third-order valence-corrected chi connectivity index (χ3v) is 3.41. The predicted molar refractivity (Wildman–Crippen MR) is 91.0 cm³/mol. The van der Waals surface area contributed by atoms with Crippen molar-refractivity contribution in [2.45, 2.75) is 39.4 Å². The van der Waals surface area contributed by atoms with Gasteiger partial charge in [-0.1, -0.05) is 37.6 Å². The van der Waals surface area contributed by atoms with Crippen molar-refractivity contribution in [1.29, 1.82) is 0 Å². The van der Waals surface area contributed by atoms with E-state index in [0.29, 0.717) is 11.6 Å². The number of hydrogen-bond acceptors (Lipinski definition) is 3. The first-order valence-electron chi connectivity index (χ1n) is 6.89. The predicted octanol–water partition coefficient (Wildman–Crippen LogP) is 1.87. The van der Waals surface area contributed by atoms with Crippen LogP contribution in [0, 0.1) is 5.92 Å². The van der Waals surface area contributed by atoms with E-state index >= 15 is 0 Å². The first-order chi connectivity index (χ1) is 9.81. The van der Waals surface area contributed by atoms with Crippen LogP contribution in [0.3, 0.4) is 0 Å². The molecule has 0 aliphatic heterocycles. The van der Waals surface area contributed by atoms with Crippen molar-refractivity contribution < 1.29 is 9.59 Å². The largest absolute Gasteiger partial charge is 0.350 e. The van der Waals surface area contributed by atoms with E-state index in [4.69, 9.17) is 17.3 Å². The maximum atomic E-state index is 11.9. The zero-order valence-electron chi connectivity index (χ0n) is 12.9. The average Bonchev–Trinajstić information content (AvgIpc) is 2.45. The summed E-state index contributed by atoms with van der Waals surface area (Å²) in [4.78, 5) is 23.7. The number of amides is 2. The standard InChI is InChI=1S/C15H22ClN3O2.ClH/c1-9(2)13(17)15(21)19-10(3)14(20)18-8-11-4-6-12(16)7-5-11;/h4-7,9-10,13H,8,17H2,1-3H3,(H,18,20)(H,19,21);1H/t10?,13-;/m0./s1. The minimum absolute atomic E-state index is 0. The molecular weight excluding hydrogens is 325 g/mol. The van der Waals surface area contributed by atoms with E-state index in [9.17, 15) is 9.59 Å². The van der Waals surface area contributed by atoms with Crippen LogP contribution in [0.1, 0.15) is 26.3 Å². The number of carbonyl (C=O) groups excluding carboxylic acids is 2. The third kappa shape index (κ3) is 6.64. The number of hydrogen-bond donors (Lipinski definition) is 3. The summed E-state index contributed by atoms with van der Waals surface area (Å²) in [7, 11) is 0. The van der Waals surface area contributed by atoms with Gasteiger partial charge in [0.2, 0.25) is 11.8 Å². The fraction of sp³-hybridized carbons (Fsp3) is 0.467. The molecule has 0 heterocycles. The van der Waals surface area contributed by atoms with Crippen molar-refractivity contribution in [2.75, 3.05) is 0 Å². The molecule has 0 saturated heterocycles. The molecule has 1 unspecified atom stereocenters. The lowest BCUT2D eigenvalue weighted by atomic mass is 10.0. The van der Waals surface area contributed by atoms with Gasteiger partial charge in [0, 0.05) is 11.6 Å². The van der Waals surface area contributed by atoms with Crippen molar-refractivity contribution in [1.82, 2.24) is 10.6 Å². The van der Waals surface area contributed by atoms with Crippen LogP contribution in [0.2, 0.25) is 5.02 Å². The normalized spacial score (nSPS) is 13.0. The van der Waals surface area contributed by atoms with Gasteiger partial charge in [-0.25, -0.2) is 0 Å². The van der Waals surface area contributed by atoms with Gasteiger partial charge >= 0.3 is 0 Å². The van der Waals surface area contributed by atoms with E-state index in [1.165, 1.54) is 0 Å². The molecule has 2 amide bonds. The second-order valence-corrected chi connectivity index (χ2v) is 5.78. The van der Waals surface area contributed by atoms with Crippen LogP contribution < -0.4 is 16.4 Å². The smallest absolute Gasteiger partial charge is 0.242 e. The molecule has 1 aromatic carbocycles. The Kier molecular flexibility index (Phi) is 9.09. The third-order valence-electron chi connectivity index (χ3n) is 3.15. The van der Waals surface area contributed by atoms with Gasteiger partial charge in [-0.3, -0.25) is 9.59 Å². The van der Waals surface area contributed by atoms with Crippen LogP contribution in [0.25, 0.3) is 0 Å². The number of nitrogens with two attached hydrogens (primary N) is 1. The minimum atomic E-state index is -0.630. The molecule has 22 heavy (non-hydrogen) atoms. The first-order valence-corrected chi connectivity index (χ1v) is 7.27. The van der Waals surface area contributed by atoms with Gasteiger partial charge in [-0.2, -0.15) is 0 Å². The number of rotatable bonds is 6. The number of benzene rings is 1. The van der Waals surface area contributed by atoms with Gasteiger partial charge in [0.15, 0.2) is 0 Å². The van der Waals surface area contributed by atoms with Gasteiger partial charge in [-0.15, -0.1) is 12.4 Å². The molecule has 7 heteroatoms. The lowest BCUT2D eigenvalue weighted by molar-refractivity contribution is -0.129. The molecule has 1 rings (SSSR count). The molecule has 1 aromatic rings. The maximum absolute atomic E-state index is 11.9. The van der Waals surface area contributed by atoms with Crippen molar-refractivity contribution in [2.24, 2.45) is 11.7 Å². The molecule has 0 bridgehead atoms. The SMILES string of the molecule is CC(NC(=O)[C@@H](N)C(C)C)C(=O)NCc1ccc(Cl)cc1.Cl. The summed E-state index contributed by atoms with van der Waals surface area (Å²) in [5, 5.41) is 6.01. The Morgan fingerprint density at radius 3 is 2.18 bits per heavy atom. The van der Waals surface area contributed by atoms with Crippen molar-refractivity contribution >= 4 is 35.8 Å². The lowest BCUT2D eigenvalue weighted by Gasteiger charge is -2.19. The molecule has 0 radical (unpaired) electrons. The van der Waals surface area contributed by atoms with Crippen molar-refractivity contribution in [3.63, 3.8) is 0 Å². The highest BCUT2D eigenvalue weighted by Gasteiger charge is 2.21. The van der Waals surface area contributed by atoms with Gasteiger partial charge in [-0.05, 0) is 30.5 Å². The molecule has 5 nitrogen and oxygen atoms in total. The second kappa shape index (κ2) is 9.66. The van der Waals surface area contributed by atoms with Crippen LogP contribution in [0.15, 0.2) is 24.3 Å². The Balaban J connectivity index is 0.00000441. The first kappa shape index (κ1) is 20.7. The minimum Gasteiger partial charge on any atom is -0.350 e. The number of halogens is 2. The van der Waals surface area contributed by atoms with Crippen molar-refractivity contribution in [3.05, 3.63) is 34.9 Å². The molecule has 0 aliphatic carbocycles. The van der Waals surface area contributed by atoms with Gasteiger partial charge in [0.1, 0.15) is 6.04 Å². The van der Waals surface area contributed by atoms with Gasteiger partial charge in [0.25, 0.3) is 0 Å². The molecule has 0 aliphatic rings. The number of carbonyl (C=O) groups is 2. The highest BCUT2D eigenvalue weighted by atomic mass is 35.5. The van der Waals surface area contributed by atoms with E-state index < -0.39 is 12.1 Å². The summed E-state index contributed by atoms with van der Waals surface area (Å²) in [6.07, 6.45) is 0. The Labute approximate surface area is 142 Å². The van der Waals surface area contributed by atoms with E-state index in [1.54, 1.807) is 19.1 Å². The van der Waals surface area contributed by atoms with Crippen LogP contribution in [0.4, 0.5) is 0 Å². The molecule has 0 fully saturated rings. The van der Waals surface area contributed by atoms with Gasteiger partial charge in [0.05, 0.1) is 6.04 Å². The molecular formula is C15H23Cl2N3O2. The second-order valence-electron chi connectivity index (χ2n) is 5.34. The van der Waals surface area contributed by atoms with Crippen molar-refractivity contribution in [3.8, 4) is 0 Å². The van der Waals surface area contributed by atoms with Crippen LogP contribution >= 0.6 is 24.0 Å². The Hall–Kier alpha value is -1.30. The highest BCUT2D eigenvalue weighted by molar-refractivity contribution is 6.30. The molecule has 124 valence electrons. The number of nitrogens with one attached hydrogen (secondary N) is 2. The summed E-state index contributed by atoms with van der Waals surface area (Å²) in [5.41, 5.74) is 6.67. The fourth-order valence-corrected chi connectivity index (χ4v) is 1.75. The average molecular weight is 348 g/mol. The summed E-state index contributed by atoms with van der Waals surface area (Å²) in [6.45, 7) is 5.72. The van der Waals surface area contributed by atoms with E-state index in [0.717, 1.165) is 5.56 Å². The zero-order chi connectivity index (χ0) is 16.0. The Morgan fingerprint density at radius 2 is 1.68 bits per heavy atom. The highest BCUT2D eigenvalue weighted by Crippen LogP contribution is 2.09. The topological polar surface area (TPSA) is 84.2 Å². The quantitative estimate of drug-likeness (QED) is 0.734. The summed E-state index contributed by atoms with van der Waals surface area (Å²) >= 11 is 5.79. The molecule has 0 saturated carbocycles. The maximum Gasteiger partial charge on any atom is 0.242 e. The Bertz CT molecular complexity index is 492. The van der Waals surface area contributed by atoms with Crippen LogP contribution in [0.5, 0.6) is 0 Å². The van der Waals surface area contributed by atoms with E-state index in [2.05, 4.69) is 10.6 Å². The fourth-order valence-electron chi connectivity index (χ4n) is 1.62. The molecule has 0 aromatic heterocycles. The molecule has 2 atom stereocenters. The zero-order valence-corrected chi connectivity index (χ0v) is 14.5. The molecule has 0 spiro atoms. The van der Waals surface area contributed by atoms with E-state index in [1.807, 2.05) is 26.0 Å². The Morgan fingerprint density at radius 1 is 1.14 bits per heavy atom. The monoisotopic (exact) mass is 347 g/mol. The van der Waals surface area contributed by atoms with Crippen LogP contribution in [-0.2, 0) is 16.1 Å². The van der Waals surface area contributed by atoms with Gasteiger partial charge < -0.3 is 16.4 Å².